The van der Waals surface area contributed by atoms with Gasteiger partial charge in [0.25, 0.3) is 5.56 Å². The van der Waals surface area contributed by atoms with Crippen molar-refractivity contribution >= 4 is 16.7 Å². The third-order valence-electron chi connectivity index (χ3n) is 4.90. The molecule has 28 heavy (non-hydrogen) atoms. The van der Waals surface area contributed by atoms with E-state index in [1.165, 1.54) is 4.52 Å². The van der Waals surface area contributed by atoms with Crippen molar-refractivity contribution in [3.8, 4) is 11.4 Å². The molecule has 0 aliphatic carbocycles. The van der Waals surface area contributed by atoms with Gasteiger partial charge in [0, 0.05) is 30.8 Å². The number of pyridine rings is 1. The van der Waals surface area contributed by atoms with Crippen molar-refractivity contribution in [2.75, 3.05) is 0 Å². The molecule has 4 heterocycles. The molecule has 0 radical (unpaired) electrons. The summed E-state index contributed by atoms with van der Waals surface area (Å²) in [7, 11) is 0. The molecule has 1 aromatic carbocycles. The number of imidazole rings is 1. The molecule has 1 N–H and O–H groups in total. The second kappa shape index (κ2) is 6.45. The molecule has 0 spiro atoms. The van der Waals surface area contributed by atoms with Gasteiger partial charge in [-0.3, -0.25) is 14.9 Å². The van der Waals surface area contributed by atoms with Crippen LogP contribution in [0.3, 0.4) is 0 Å². The summed E-state index contributed by atoms with van der Waals surface area (Å²) in [5, 5.41) is 3.08. The van der Waals surface area contributed by atoms with E-state index in [-0.39, 0.29) is 11.6 Å². The monoisotopic (exact) mass is 370 g/mol. The summed E-state index contributed by atoms with van der Waals surface area (Å²) in [6.07, 6.45) is 4.20. The zero-order valence-electron chi connectivity index (χ0n) is 15.3. The minimum Gasteiger partial charge on any atom is -0.327 e. The van der Waals surface area contributed by atoms with Crippen LogP contribution in [0.5, 0.6) is 0 Å². The summed E-state index contributed by atoms with van der Waals surface area (Å²) >= 11 is 0. The number of H-pyrrole nitrogens is 1. The second-order valence-corrected chi connectivity index (χ2v) is 6.86. The largest absolute Gasteiger partial charge is 0.327 e. The van der Waals surface area contributed by atoms with Gasteiger partial charge in [0.1, 0.15) is 0 Å². The Hall–Kier alpha value is -3.74. The van der Waals surface area contributed by atoms with E-state index in [4.69, 9.17) is 0 Å². The first kappa shape index (κ1) is 16.4. The molecule has 1 unspecified atom stereocenters. The van der Waals surface area contributed by atoms with Crippen molar-refractivity contribution in [1.29, 1.82) is 0 Å². The molecular weight excluding hydrogens is 352 g/mol. The van der Waals surface area contributed by atoms with Crippen molar-refractivity contribution in [3.05, 3.63) is 83.2 Å². The molecule has 0 fully saturated rings. The number of fused-ring (bicyclic) bond motifs is 2. The molecule has 7 heteroatoms. The molecule has 0 saturated heterocycles. The molecule has 0 bridgehead atoms. The van der Waals surface area contributed by atoms with Crippen molar-refractivity contribution in [2.45, 2.75) is 19.4 Å². The summed E-state index contributed by atoms with van der Waals surface area (Å²) in [4.78, 5) is 26.0. The number of aromatic amines is 1. The molecule has 7 nitrogen and oxygen atoms in total. The van der Waals surface area contributed by atoms with Gasteiger partial charge in [-0.1, -0.05) is 18.2 Å². The predicted octanol–water partition coefficient (Wildman–Crippen LogP) is 3.24. The van der Waals surface area contributed by atoms with Crippen molar-refractivity contribution in [2.24, 2.45) is 0 Å². The van der Waals surface area contributed by atoms with Crippen LogP contribution in [0.1, 0.15) is 18.7 Å². The molecule has 5 aromatic rings. The number of rotatable bonds is 4. The van der Waals surface area contributed by atoms with Gasteiger partial charge >= 0.3 is 0 Å². The van der Waals surface area contributed by atoms with Gasteiger partial charge in [-0.25, -0.2) is 14.5 Å². The van der Waals surface area contributed by atoms with Crippen LogP contribution in [-0.2, 0) is 6.42 Å². The third kappa shape index (κ3) is 2.77. The standard InChI is InChI=1S/C21H18N6O/c1-14(26-13-23-17-7-2-3-8-19(17)26)10-15-11-21(28)27-20(24-15)12-18(25-27)16-6-4-5-9-22-16/h2-9,11-14,25H,10H2,1H3. The SMILES string of the molecule is CC(Cc1cc(=O)n2[nH]c(-c3ccccn3)cc2n1)n1cnc2ccccc21. The third-order valence-corrected chi connectivity index (χ3v) is 4.90. The van der Waals surface area contributed by atoms with Crippen LogP contribution in [-0.4, -0.2) is 29.1 Å². The normalized spacial score (nSPS) is 12.6. The van der Waals surface area contributed by atoms with Gasteiger partial charge in [-0.2, -0.15) is 0 Å². The number of hydrogen-bond donors (Lipinski definition) is 1. The lowest BCUT2D eigenvalue weighted by Gasteiger charge is -2.14. The number of para-hydroxylation sites is 2. The zero-order valence-corrected chi connectivity index (χ0v) is 15.3. The Balaban J connectivity index is 1.50. The van der Waals surface area contributed by atoms with Crippen LogP contribution >= 0.6 is 0 Å². The van der Waals surface area contributed by atoms with Crippen LogP contribution in [0.25, 0.3) is 28.1 Å². The summed E-state index contributed by atoms with van der Waals surface area (Å²) in [6.45, 7) is 2.11. The maximum absolute atomic E-state index is 12.6. The van der Waals surface area contributed by atoms with E-state index in [0.29, 0.717) is 12.1 Å². The van der Waals surface area contributed by atoms with Gasteiger partial charge in [0.2, 0.25) is 0 Å². The first-order valence-corrected chi connectivity index (χ1v) is 9.14. The van der Waals surface area contributed by atoms with Gasteiger partial charge in [-0.15, -0.1) is 0 Å². The van der Waals surface area contributed by atoms with E-state index in [0.717, 1.165) is 28.1 Å². The van der Waals surface area contributed by atoms with Crippen LogP contribution in [0.15, 0.2) is 71.9 Å². The quantitative estimate of drug-likeness (QED) is 0.527. The minimum atomic E-state index is -0.134. The number of benzene rings is 1. The van der Waals surface area contributed by atoms with Gasteiger partial charge in [0.15, 0.2) is 5.65 Å². The maximum Gasteiger partial charge on any atom is 0.272 e. The Bertz CT molecular complexity index is 1330. The summed E-state index contributed by atoms with van der Waals surface area (Å²) < 4.78 is 3.57. The molecule has 0 aliphatic heterocycles. The molecule has 138 valence electrons. The highest BCUT2D eigenvalue weighted by Gasteiger charge is 2.13. The lowest BCUT2D eigenvalue weighted by atomic mass is 10.1. The Kier molecular flexibility index (Phi) is 3.79. The fourth-order valence-corrected chi connectivity index (χ4v) is 3.53. The Labute approximate surface area is 160 Å². The highest BCUT2D eigenvalue weighted by molar-refractivity contribution is 5.75. The molecule has 5 rings (SSSR count). The van der Waals surface area contributed by atoms with Crippen molar-refractivity contribution < 1.29 is 0 Å². The smallest absolute Gasteiger partial charge is 0.272 e. The van der Waals surface area contributed by atoms with Gasteiger partial charge < -0.3 is 4.57 Å². The molecule has 0 saturated carbocycles. The lowest BCUT2D eigenvalue weighted by Crippen LogP contribution is -2.17. The Morgan fingerprint density at radius 2 is 1.93 bits per heavy atom. The molecule has 0 amide bonds. The van der Waals surface area contributed by atoms with E-state index in [9.17, 15) is 4.79 Å². The average molecular weight is 370 g/mol. The fourth-order valence-electron chi connectivity index (χ4n) is 3.53. The van der Waals surface area contributed by atoms with Gasteiger partial charge in [-0.05, 0) is 31.2 Å². The molecular formula is C21H18N6O. The van der Waals surface area contributed by atoms with E-state index >= 15 is 0 Å². The topological polar surface area (TPSA) is 80.9 Å². The van der Waals surface area contributed by atoms with E-state index in [1.54, 1.807) is 12.3 Å². The summed E-state index contributed by atoms with van der Waals surface area (Å²) in [5.74, 6) is 0. The van der Waals surface area contributed by atoms with Crippen LogP contribution in [0.2, 0.25) is 0 Å². The maximum atomic E-state index is 12.6. The molecule has 0 aliphatic rings. The Morgan fingerprint density at radius 3 is 2.79 bits per heavy atom. The molecule has 4 aromatic heterocycles. The van der Waals surface area contributed by atoms with Gasteiger partial charge in [0.05, 0.1) is 34.4 Å². The van der Waals surface area contributed by atoms with E-state index in [1.807, 2.05) is 48.8 Å². The van der Waals surface area contributed by atoms with Crippen LogP contribution < -0.4 is 5.56 Å². The van der Waals surface area contributed by atoms with Crippen LogP contribution in [0.4, 0.5) is 0 Å². The van der Waals surface area contributed by atoms with E-state index in [2.05, 4.69) is 37.6 Å². The minimum absolute atomic E-state index is 0.121. The molecule has 1 atom stereocenters. The number of hydrogen-bond acceptors (Lipinski definition) is 4. The number of nitrogens with zero attached hydrogens (tertiary/aromatic N) is 5. The highest BCUT2D eigenvalue weighted by atomic mass is 16.1. The predicted molar refractivity (Wildman–Crippen MR) is 107 cm³/mol. The lowest BCUT2D eigenvalue weighted by molar-refractivity contribution is 0.551. The van der Waals surface area contributed by atoms with Crippen molar-refractivity contribution in [1.82, 2.24) is 29.1 Å². The Morgan fingerprint density at radius 1 is 1.07 bits per heavy atom. The first-order valence-electron chi connectivity index (χ1n) is 9.14. The van der Waals surface area contributed by atoms with Crippen molar-refractivity contribution in [3.63, 3.8) is 0 Å². The van der Waals surface area contributed by atoms with E-state index < -0.39 is 0 Å². The highest BCUT2D eigenvalue weighted by Crippen LogP contribution is 2.20. The second-order valence-electron chi connectivity index (χ2n) is 6.86. The number of aromatic nitrogens is 6. The average Bonchev–Trinajstić information content (AvgIpc) is 3.33. The summed E-state index contributed by atoms with van der Waals surface area (Å²) in [6, 6.07) is 17.2. The summed E-state index contributed by atoms with van der Waals surface area (Å²) in [5.41, 5.74) is 4.77. The van der Waals surface area contributed by atoms with Crippen LogP contribution in [0, 0.1) is 0 Å². The zero-order chi connectivity index (χ0) is 19.1. The number of nitrogens with one attached hydrogen (secondary N) is 1. The fraction of sp³-hybridized carbons (Fsp3) is 0.143. The first-order chi connectivity index (χ1) is 13.7.